The summed E-state index contributed by atoms with van der Waals surface area (Å²) < 4.78 is 6.16. The molecule has 7 heteroatoms. The first-order valence-corrected chi connectivity index (χ1v) is 9.95. The molecule has 7 nitrogen and oxygen atoms in total. The van der Waals surface area contributed by atoms with E-state index in [2.05, 4.69) is 30.1 Å². The van der Waals surface area contributed by atoms with E-state index in [1.807, 2.05) is 30.0 Å². The average molecular weight is 393 g/mol. The van der Waals surface area contributed by atoms with Crippen molar-refractivity contribution < 1.29 is 9.21 Å². The van der Waals surface area contributed by atoms with Crippen molar-refractivity contribution in [2.45, 2.75) is 46.5 Å². The fourth-order valence-corrected chi connectivity index (χ4v) is 4.39. The van der Waals surface area contributed by atoms with Crippen LogP contribution in [0.15, 0.2) is 38.9 Å². The van der Waals surface area contributed by atoms with E-state index in [0.717, 1.165) is 47.5 Å². The van der Waals surface area contributed by atoms with E-state index in [1.165, 1.54) is 5.56 Å². The molecular weight excluding hydrogens is 366 g/mol. The smallest absolute Gasteiger partial charge is 0.294 e. The SMILES string of the molecule is Cc1c(C(=O)N2CCCc3ccccc32)oc2c1/C(=N\N=C(N)N)CC(C)(C)C2. The van der Waals surface area contributed by atoms with Gasteiger partial charge >= 0.3 is 0 Å². The van der Waals surface area contributed by atoms with Gasteiger partial charge in [-0.25, -0.2) is 0 Å². The second-order valence-electron chi connectivity index (χ2n) is 8.63. The lowest BCUT2D eigenvalue weighted by atomic mass is 9.75. The summed E-state index contributed by atoms with van der Waals surface area (Å²) in [5.41, 5.74) is 15.4. The number of anilines is 1. The lowest BCUT2D eigenvalue weighted by molar-refractivity contribution is 0.0954. The summed E-state index contributed by atoms with van der Waals surface area (Å²) in [5, 5.41) is 8.12. The molecule has 2 aromatic rings. The number of guanidine groups is 1. The van der Waals surface area contributed by atoms with Crippen molar-refractivity contribution in [1.82, 2.24) is 0 Å². The molecule has 0 radical (unpaired) electrons. The number of rotatable bonds is 2. The van der Waals surface area contributed by atoms with Crippen LogP contribution in [0.3, 0.4) is 0 Å². The molecule has 1 aliphatic heterocycles. The molecule has 0 fully saturated rings. The Balaban J connectivity index is 1.78. The maximum absolute atomic E-state index is 13.5. The van der Waals surface area contributed by atoms with E-state index in [-0.39, 0.29) is 17.3 Å². The molecule has 0 bridgehead atoms. The van der Waals surface area contributed by atoms with Crippen molar-refractivity contribution in [2.75, 3.05) is 11.4 Å². The molecule has 0 unspecified atom stereocenters. The molecule has 0 saturated heterocycles. The third kappa shape index (κ3) is 3.52. The summed E-state index contributed by atoms with van der Waals surface area (Å²) in [5.74, 6) is 0.951. The Morgan fingerprint density at radius 1 is 1.21 bits per heavy atom. The fraction of sp³-hybridized carbons (Fsp3) is 0.409. The highest BCUT2D eigenvalue weighted by Crippen LogP contribution is 2.40. The van der Waals surface area contributed by atoms with E-state index in [1.54, 1.807) is 0 Å². The summed E-state index contributed by atoms with van der Waals surface area (Å²) in [7, 11) is 0. The molecule has 1 aromatic carbocycles. The monoisotopic (exact) mass is 393 g/mol. The summed E-state index contributed by atoms with van der Waals surface area (Å²) in [6.07, 6.45) is 3.36. The Morgan fingerprint density at radius 3 is 2.72 bits per heavy atom. The van der Waals surface area contributed by atoms with Crippen LogP contribution in [0.4, 0.5) is 5.69 Å². The number of benzene rings is 1. The van der Waals surface area contributed by atoms with E-state index in [9.17, 15) is 4.79 Å². The third-order valence-electron chi connectivity index (χ3n) is 5.63. The van der Waals surface area contributed by atoms with E-state index >= 15 is 0 Å². The summed E-state index contributed by atoms with van der Waals surface area (Å²) >= 11 is 0. The topological polar surface area (TPSA) is 110 Å². The van der Waals surface area contributed by atoms with Gasteiger partial charge in [0.15, 0.2) is 5.76 Å². The number of carbonyl (C=O) groups excluding carboxylic acids is 1. The minimum atomic E-state index is -0.108. The van der Waals surface area contributed by atoms with Crippen LogP contribution in [0.25, 0.3) is 0 Å². The molecule has 1 aliphatic carbocycles. The summed E-state index contributed by atoms with van der Waals surface area (Å²) in [6, 6.07) is 8.06. The Kier molecular flexibility index (Phi) is 4.68. The van der Waals surface area contributed by atoms with Gasteiger partial charge < -0.3 is 20.8 Å². The zero-order valence-corrected chi connectivity index (χ0v) is 17.2. The first kappa shape index (κ1) is 19.2. The van der Waals surface area contributed by atoms with Crippen LogP contribution in [-0.2, 0) is 12.8 Å². The van der Waals surface area contributed by atoms with Crippen molar-refractivity contribution in [3.63, 3.8) is 0 Å². The van der Waals surface area contributed by atoms with Crippen LogP contribution in [0.5, 0.6) is 0 Å². The number of para-hydroxylation sites is 1. The van der Waals surface area contributed by atoms with Crippen molar-refractivity contribution in [1.29, 1.82) is 0 Å². The average Bonchev–Trinajstić information content (AvgIpc) is 3.00. The lowest BCUT2D eigenvalue weighted by Crippen LogP contribution is -2.35. The predicted octanol–water partition coefficient (Wildman–Crippen LogP) is 3.13. The van der Waals surface area contributed by atoms with Crippen LogP contribution in [0.2, 0.25) is 0 Å². The number of nitrogens with zero attached hydrogens (tertiary/aromatic N) is 3. The van der Waals surface area contributed by atoms with Gasteiger partial charge in [-0.2, -0.15) is 5.10 Å². The van der Waals surface area contributed by atoms with Gasteiger partial charge in [0.25, 0.3) is 5.91 Å². The number of fused-ring (bicyclic) bond motifs is 2. The summed E-state index contributed by atoms with van der Waals surface area (Å²) in [4.78, 5) is 15.3. The second-order valence-corrected chi connectivity index (χ2v) is 8.63. The van der Waals surface area contributed by atoms with Crippen LogP contribution >= 0.6 is 0 Å². The third-order valence-corrected chi connectivity index (χ3v) is 5.63. The highest BCUT2D eigenvalue weighted by molar-refractivity contribution is 6.10. The van der Waals surface area contributed by atoms with Crippen molar-refractivity contribution in [2.24, 2.45) is 27.1 Å². The fourth-order valence-electron chi connectivity index (χ4n) is 4.39. The number of furan rings is 1. The molecule has 0 spiro atoms. The quantitative estimate of drug-likeness (QED) is 0.464. The van der Waals surface area contributed by atoms with Gasteiger partial charge in [0.2, 0.25) is 5.96 Å². The maximum Gasteiger partial charge on any atom is 0.294 e. The molecular formula is C22H27N5O2. The number of amides is 1. The molecule has 1 amide bonds. The zero-order valence-electron chi connectivity index (χ0n) is 17.2. The predicted molar refractivity (Wildman–Crippen MR) is 114 cm³/mol. The van der Waals surface area contributed by atoms with Gasteiger partial charge in [0.1, 0.15) is 5.76 Å². The van der Waals surface area contributed by atoms with Gasteiger partial charge in [0.05, 0.1) is 5.71 Å². The minimum Gasteiger partial charge on any atom is -0.455 e. The molecule has 29 heavy (non-hydrogen) atoms. The second kappa shape index (κ2) is 7.06. The zero-order chi connectivity index (χ0) is 20.8. The molecule has 4 N–H and O–H groups in total. The number of carbonyl (C=O) groups is 1. The highest BCUT2D eigenvalue weighted by atomic mass is 16.4. The maximum atomic E-state index is 13.5. The summed E-state index contributed by atoms with van der Waals surface area (Å²) in [6.45, 7) is 6.87. The molecule has 1 aromatic heterocycles. The van der Waals surface area contributed by atoms with Crippen molar-refractivity contribution in [3.8, 4) is 0 Å². The van der Waals surface area contributed by atoms with Gasteiger partial charge in [-0.1, -0.05) is 32.0 Å². The first-order valence-electron chi connectivity index (χ1n) is 9.95. The van der Waals surface area contributed by atoms with Gasteiger partial charge in [0, 0.05) is 29.8 Å². The van der Waals surface area contributed by atoms with E-state index in [0.29, 0.717) is 18.7 Å². The first-order chi connectivity index (χ1) is 13.8. The van der Waals surface area contributed by atoms with Gasteiger partial charge in [-0.3, -0.25) is 4.79 Å². The number of nitrogens with two attached hydrogens (primary N) is 2. The Morgan fingerprint density at radius 2 is 1.97 bits per heavy atom. The Bertz CT molecular complexity index is 1030. The standard InChI is InChI=1S/C22H27N5O2/c1-13-18-15(25-26-21(23)24)11-22(2,3)12-17(18)29-19(13)20(28)27-10-6-8-14-7-4-5-9-16(14)27/h4-5,7,9H,6,8,10-12H2,1-3H3,(H4,23,24,26)/b25-15-. The molecule has 4 rings (SSSR count). The number of hydrogen-bond donors (Lipinski definition) is 2. The Hall–Kier alpha value is -3.09. The van der Waals surface area contributed by atoms with E-state index < -0.39 is 0 Å². The van der Waals surface area contributed by atoms with Crippen LogP contribution in [0, 0.1) is 12.3 Å². The largest absolute Gasteiger partial charge is 0.455 e. The van der Waals surface area contributed by atoms with Gasteiger partial charge in [-0.05, 0) is 43.2 Å². The number of hydrogen-bond acceptors (Lipinski definition) is 4. The molecule has 0 saturated carbocycles. The highest BCUT2D eigenvalue weighted by Gasteiger charge is 2.37. The molecule has 2 aliphatic rings. The van der Waals surface area contributed by atoms with Crippen molar-refractivity contribution >= 4 is 23.3 Å². The van der Waals surface area contributed by atoms with Crippen molar-refractivity contribution in [3.05, 3.63) is 52.5 Å². The van der Waals surface area contributed by atoms with E-state index in [4.69, 9.17) is 15.9 Å². The lowest BCUT2D eigenvalue weighted by Gasteiger charge is -2.29. The Labute approximate surface area is 170 Å². The van der Waals surface area contributed by atoms with Gasteiger partial charge in [-0.15, -0.1) is 5.10 Å². The van der Waals surface area contributed by atoms with Crippen LogP contribution < -0.4 is 16.4 Å². The van der Waals surface area contributed by atoms with Crippen LogP contribution in [-0.4, -0.2) is 24.1 Å². The molecule has 0 atom stereocenters. The number of aryl methyl sites for hydroxylation is 1. The van der Waals surface area contributed by atoms with Crippen LogP contribution in [0.1, 0.15) is 59.7 Å². The normalized spacial score (nSPS) is 18.9. The molecule has 2 heterocycles. The molecule has 152 valence electrons. The minimum absolute atomic E-state index is 0.0625.